The molecule has 1 rings (SSSR count). The van der Waals surface area contributed by atoms with Gasteiger partial charge in [-0.3, -0.25) is 0 Å². The van der Waals surface area contributed by atoms with Crippen LogP contribution in [0.5, 0.6) is 5.75 Å². The van der Waals surface area contributed by atoms with Crippen molar-refractivity contribution < 1.29 is 9.47 Å². The van der Waals surface area contributed by atoms with Crippen molar-refractivity contribution in [1.29, 1.82) is 0 Å². The van der Waals surface area contributed by atoms with Gasteiger partial charge in [0.2, 0.25) is 0 Å². The van der Waals surface area contributed by atoms with Crippen LogP contribution in [0, 0.1) is 0 Å². The van der Waals surface area contributed by atoms with Gasteiger partial charge in [-0.1, -0.05) is 12.6 Å². The van der Waals surface area contributed by atoms with Gasteiger partial charge < -0.3 is 20.1 Å². The molecule has 0 aliphatic heterocycles. The first-order chi connectivity index (χ1) is 9.56. The third-order valence-corrected chi connectivity index (χ3v) is 2.69. The molecule has 0 atom stereocenters. The minimum atomic E-state index is 0.362. The Kier molecular flexibility index (Phi) is 6.94. The summed E-state index contributed by atoms with van der Waals surface area (Å²) < 4.78 is 10.8. The SMILES string of the molecule is C=C(NCc1cc(COC)ccc1OCC)NC(C)C. The van der Waals surface area contributed by atoms with Crippen LogP contribution in [-0.2, 0) is 17.9 Å². The highest BCUT2D eigenvalue weighted by molar-refractivity contribution is 5.37. The van der Waals surface area contributed by atoms with Gasteiger partial charge >= 0.3 is 0 Å². The normalized spacial score (nSPS) is 10.4. The molecule has 0 heterocycles. The van der Waals surface area contributed by atoms with E-state index < -0.39 is 0 Å². The molecule has 0 amide bonds. The van der Waals surface area contributed by atoms with Crippen LogP contribution >= 0.6 is 0 Å². The molecule has 0 unspecified atom stereocenters. The zero-order chi connectivity index (χ0) is 15.0. The van der Waals surface area contributed by atoms with E-state index in [1.807, 2.05) is 19.1 Å². The Labute approximate surface area is 122 Å². The molecule has 0 aliphatic rings. The summed E-state index contributed by atoms with van der Waals surface area (Å²) in [4.78, 5) is 0. The van der Waals surface area contributed by atoms with Crippen molar-refractivity contribution in [1.82, 2.24) is 10.6 Å². The molecule has 0 bridgehead atoms. The van der Waals surface area contributed by atoms with Crippen LogP contribution in [0.25, 0.3) is 0 Å². The average molecular weight is 278 g/mol. The van der Waals surface area contributed by atoms with E-state index in [1.165, 1.54) is 0 Å². The lowest BCUT2D eigenvalue weighted by Gasteiger charge is -2.17. The Morgan fingerprint density at radius 1 is 1.35 bits per heavy atom. The second kappa shape index (κ2) is 8.48. The van der Waals surface area contributed by atoms with Crippen molar-refractivity contribution in [3.05, 3.63) is 41.7 Å². The number of methoxy groups -OCH3 is 1. The summed E-state index contributed by atoms with van der Waals surface area (Å²) in [6.07, 6.45) is 0. The molecule has 0 saturated carbocycles. The monoisotopic (exact) mass is 278 g/mol. The maximum absolute atomic E-state index is 5.65. The molecule has 0 fully saturated rings. The number of ether oxygens (including phenoxy) is 2. The lowest BCUT2D eigenvalue weighted by atomic mass is 10.1. The summed E-state index contributed by atoms with van der Waals surface area (Å²) in [5.41, 5.74) is 2.24. The second-order valence-corrected chi connectivity index (χ2v) is 4.94. The largest absolute Gasteiger partial charge is 0.494 e. The Hall–Kier alpha value is -1.68. The van der Waals surface area contributed by atoms with Crippen molar-refractivity contribution in [3.63, 3.8) is 0 Å². The summed E-state index contributed by atoms with van der Waals surface area (Å²) in [7, 11) is 1.70. The molecule has 2 N–H and O–H groups in total. The zero-order valence-electron chi connectivity index (χ0n) is 13.0. The predicted molar refractivity (Wildman–Crippen MR) is 82.6 cm³/mol. The molecule has 1 aromatic carbocycles. The highest BCUT2D eigenvalue weighted by Crippen LogP contribution is 2.21. The van der Waals surface area contributed by atoms with Gasteiger partial charge in [-0.2, -0.15) is 0 Å². The Morgan fingerprint density at radius 2 is 2.10 bits per heavy atom. The number of hydrogen-bond acceptors (Lipinski definition) is 4. The van der Waals surface area contributed by atoms with Crippen LogP contribution < -0.4 is 15.4 Å². The van der Waals surface area contributed by atoms with Gasteiger partial charge in [0.25, 0.3) is 0 Å². The molecule has 0 aliphatic carbocycles. The van der Waals surface area contributed by atoms with Crippen molar-refractivity contribution in [3.8, 4) is 5.75 Å². The fourth-order valence-electron chi connectivity index (χ4n) is 1.93. The van der Waals surface area contributed by atoms with E-state index in [1.54, 1.807) is 7.11 Å². The van der Waals surface area contributed by atoms with Crippen LogP contribution in [-0.4, -0.2) is 19.8 Å². The van der Waals surface area contributed by atoms with Crippen molar-refractivity contribution in [2.45, 2.75) is 40.0 Å². The zero-order valence-corrected chi connectivity index (χ0v) is 13.0. The van der Waals surface area contributed by atoms with Crippen molar-refractivity contribution in [2.24, 2.45) is 0 Å². The highest BCUT2D eigenvalue weighted by atomic mass is 16.5. The molecule has 0 spiro atoms. The summed E-state index contributed by atoms with van der Waals surface area (Å²) >= 11 is 0. The maximum Gasteiger partial charge on any atom is 0.124 e. The average Bonchev–Trinajstić information content (AvgIpc) is 2.38. The van der Waals surface area contributed by atoms with Crippen LogP contribution in [0.2, 0.25) is 0 Å². The Bertz CT molecular complexity index is 430. The van der Waals surface area contributed by atoms with Gasteiger partial charge in [0.1, 0.15) is 5.75 Å². The summed E-state index contributed by atoms with van der Waals surface area (Å²) in [6, 6.07) is 6.48. The van der Waals surface area contributed by atoms with Gasteiger partial charge in [-0.15, -0.1) is 0 Å². The van der Waals surface area contributed by atoms with Crippen LogP contribution in [0.15, 0.2) is 30.6 Å². The molecule has 0 aromatic heterocycles. The van der Waals surface area contributed by atoms with Crippen LogP contribution in [0.4, 0.5) is 0 Å². The smallest absolute Gasteiger partial charge is 0.124 e. The molecule has 0 radical (unpaired) electrons. The van der Waals surface area contributed by atoms with Crippen LogP contribution in [0.3, 0.4) is 0 Å². The molecule has 4 heteroatoms. The van der Waals surface area contributed by atoms with Crippen molar-refractivity contribution >= 4 is 0 Å². The lowest BCUT2D eigenvalue weighted by Crippen LogP contribution is -2.30. The fourth-order valence-corrected chi connectivity index (χ4v) is 1.93. The van der Waals surface area contributed by atoms with Gasteiger partial charge in [-0.05, 0) is 38.5 Å². The van der Waals surface area contributed by atoms with Gasteiger partial charge in [-0.25, -0.2) is 0 Å². The topological polar surface area (TPSA) is 42.5 Å². The molecule has 1 aromatic rings. The van der Waals surface area contributed by atoms with E-state index in [9.17, 15) is 0 Å². The minimum absolute atomic E-state index is 0.362. The lowest BCUT2D eigenvalue weighted by molar-refractivity contribution is 0.184. The first-order valence-electron chi connectivity index (χ1n) is 6.99. The number of nitrogens with one attached hydrogen (secondary N) is 2. The first-order valence-corrected chi connectivity index (χ1v) is 6.99. The van der Waals surface area contributed by atoms with E-state index >= 15 is 0 Å². The van der Waals surface area contributed by atoms with E-state index in [0.717, 1.165) is 22.7 Å². The Balaban J connectivity index is 2.73. The minimum Gasteiger partial charge on any atom is -0.494 e. The second-order valence-electron chi connectivity index (χ2n) is 4.94. The molecule has 20 heavy (non-hydrogen) atoms. The molecule has 4 nitrogen and oxygen atoms in total. The third kappa shape index (κ3) is 5.53. The van der Waals surface area contributed by atoms with E-state index in [4.69, 9.17) is 9.47 Å². The van der Waals surface area contributed by atoms with E-state index in [-0.39, 0.29) is 0 Å². The quantitative estimate of drug-likeness (QED) is 0.729. The summed E-state index contributed by atoms with van der Waals surface area (Å²) in [5, 5.41) is 6.51. The van der Waals surface area contributed by atoms with Gasteiger partial charge in [0.15, 0.2) is 0 Å². The third-order valence-electron chi connectivity index (χ3n) is 2.69. The standard InChI is InChI=1S/C16H26N2O2/c1-6-20-16-8-7-14(11-19-5)9-15(16)10-17-13(4)18-12(2)3/h7-9,12,17-18H,4,6,10-11H2,1-3,5H3. The molecular formula is C16H26N2O2. The summed E-state index contributed by atoms with van der Waals surface area (Å²) in [5.74, 6) is 1.72. The highest BCUT2D eigenvalue weighted by Gasteiger charge is 2.06. The Morgan fingerprint density at radius 3 is 2.70 bits per heavy atom. The maximum atomic E-state index is 5.65. The molecule has 112 valence electrons. The van der Waals surface area contributed by atoms with Gasteiger partial charge in [0, 0.05) is 25.3 Å². The number of rotatable bonds is 9. The molecule has 0 saturated heterocycles. The van der Waals surface area contributed by atoms with Gasteiger partial charge in [0.05, 0.1) is 19.0 Å². The number of benzene rings is 1. The number of hydrogen-bond donors (Lipinski definition) is 2. The molecular weight excluding hydrogens is 252 g/mol. The first kappa shape index (κ1) is 16.4. The predicted octanol–water partition coefficient (Wildman–Crippen LogP) is 2.79. The van der Waals surface area contributed by atoms with Crippen LogP contribution in [0.1, 0.15) is 31.9 Å². The van der Waals surface area contributed by atoms with E-state index in [2.05, 4.69) is 37.1 Å². The van der Waals surface area contributed by atoms with Crippen molar-refractivity contribution in [2.75, 3.05) is 13.7 Å². The fraction of sp³-hybridized carbons (Fsp3) is 0.500. The summed E-state index contributed by atoms with van der Waals surface area (Å²) in [6.45, 7) is 12.0. The van der Waals surface area contributed by atoms with E-state index in [0.29, 0.717) is 25.8 Å².